The highest BCUT2D eigenvalue weighted by Crippen LogP contribution is 2.34. The van der Waals surface area contributed by atoms with Crippen LogP contribution in [0.3, 0.4) is 0 Å². The molecule has 0 spiro atoms. The van der Waals surface area contributed by atoms with E-state index >= 15 is 0 Å². The summed E-state index contributed by atoms with van der Waals surface area (Å²) in [4.78, 5) is 17.4. The number of rotatable bonds is 4. The normalized spacial score (nSPS) is 25.4. The van der Waals surface area contributed by atoms with Gasteiger partial charge in [-0.15, -0.1) is 0 Å². The number of fused-ring (bicyclic) bond motifs is 1. The predicted molar refractivity (Wildman–Crippen MR) is 99.4 cm³/mol. The van der Waals surface area contributed by atoms with Crippen molar-refractivity contribution in [2.75, 3.05) is 39.8 Å². The van der Waals surface area contributed by atoms with Gasteiger partial charge in [0.1, 0.15) is 5.60 Å². The van der Waals surface area contributed by atoms with E-state index < -0.39 is 11.1 Å². The Morgan fingerprint density at radius 1 is 1.24 bits per heavy atom. The van der Waals surface area contributed by atoms with Crippen molar-refractivity contribution in [3.05, 3.63) is 35.4 Å². The minimum Gasteiger partial charge on any atom is -0.383 e. The third kappa shape index (κ3) is 3.73. The van der Waals surface area contributed by atoms with Gasteiger partial charge in [-0.05, 0) is 51.3 Å². The lowest BCUT2D eigenvalue weighted by Gasteiger charge is -2.43. The highest BCUT2D eigenvalue weighted by atomic mass is 16.3. The summed E-state index contributed by atoms with van der Waals surface area (Å²) in [6.07, 6.45) is 2.64. The van der Waals surface area contributed by atoms with Crippen LogP contribution in [-0.2, 0) is 16.8 Å². The molecular weight excluding hydrogens is 314 g/mol. The smallest absolute Gasteiger partial charge is 0.240 e. The van der Waals surface area contributed by atoms with E-state index in [1.165, 1.54) is 5.56 Å². The van der Waals surface area contributed by atoms with Gasteiger partial charge in [0.05, 0.1) is 12.1 Å². The van der Waals surface area contributed by atoms with E-state index in [1.54, 1.807) is 0 Å². The number of aliphatic hydroxyl groups is 1. The lowest BCUT2D eigenvalue weighted by molar-refractivity contribution is -0.134. The van der Waals surface area contributed by atoms with E-state index in [4.69, 9.17) is 0 Å². The second-order valence-electron chi connectivity index (χ2n) is 8.07. The lowest BCUT2D eigenvalue weighted by atomic mass is 9.79. The maximum Gasteiger partial charge on any atom is 0.240 e. The van der Waals surface area contributed by atoms with Crippen molar-refractivity contribution in [1.29, 1.82) is 0 Å². The molecular formula is C20H31N3O2. The second-order valence-corrected chi connectivity index (χ2v) is 8.07. The molecule has 3 rings (SSSR count). The monoisotopic (exact) mass is 345 g/mol. The van der Waals surface area contributed by atoms with Gasteiger partial charge in [0, 0.05) is 26.2 Å². The second kappa shape index (κ2) is 7.06. The predicted octanol–water partition coefficient (Wildman–Crippen LogP) is 1.35. The zero-order valence-electron chi connectivity index (χ0n) is 15.7. The van der Waals surface area contributed by atoms with E-state index in [1.807, 2.05) is 32.0 Å². The molecule has 0 aromatic heterocycles. The fourth-order valence-corrected chi connectivity index (χ4v) is 4.03. The van der Waals surface area contributed by atoms with E-state index in [2.05, 4.69) is 28.2 Å². The van der Waals surface area contributed by atoms with Crippen molar-refractivity contribution in [2.45, 2.75) is 44.2 Å². The van der Waals surface area contributed by atoms with Crippen molar-refractivity contribution in [2.24, 2.45) is 0 Å². The summed E-state index contributed by atoms with van der Waals surface area (Å²) in [6.45, 7) is 7.98. The van der Waals surface area contributed by atoms with Crippen LogP contribution in [0.5, 0.6) is 0 Å². The van der Waals surface area contributed by atoms with Gasteiger partial charge in [-0.3, -0.25) is 9.69 Å². The number of carbonyl (C=O) groups is 1. The van der Waals surface area contributed by atoms with Gasteiger partial charge in [-0.25, -0.2) is 0 Å². The molecule has 1 aromatic carbocycles. The fourth-order valence-electron chi connectivity index (χ4n) is 4.03. The van der Waals surface area contributed by atoms with Gasteiger partial charge in [-0.1, -0.05) is 24.3 Å². The maximum absolute atomic E-state index is 12.9. The van der Waals surface area contributed by atoms with Gasteiger partial charge < -0.3 is 15.3 Å². The van der Waals surface area contributed by atoms with Crippen LogP contribution in [-0.4, -0.2) is 66.1 Å². The van der Waals surface area contributed by atoms with Crippen LogP contribution < -0.4 is 5.32 Å². The van der Waals surface area contributed by atoms with Crippen molar-refractivity contribution in [1.82, 2.24) is 15.1 Å². The highest BCUT2D eigenvalue weighted by Gasteiger charge is 2.39. The summed E-state index contributed by atoms with van der Waals surface area (Å²) in [7, 11) is 2.11. The number of aryl methyl sites for hydroxylation is 1. The molecule has 5 nitrogen and oxygen atoms in total. The zero-order chi connectivity index (χ0) is 18.1. The summed E-state index contributed by atoms with van der Waals surface area (Å²) in [6, 6.07) is 8.05. The first-order valence-corrected chi connectivity index (χ1v) is 9.36. The molecule has 0 radical (unpaired) electrons. The Labute approximate surface area is 151 Å². The van der Waals surface area contributed by atoms with Crippen molar-refractivity contribution < 1.29 is 9.90 Å². The molecule has 1 heterocycles. The number of hydrogen-bond donors (Lipinski definition) is 2. The van der Waals surface area contributed by atoms with Gasteiger partial charge in [0.25, 0.3) is 0 Å². The number of carbonyl (C=O) groups excluding carboxylic acids is 1. The molecule has 1 aliphatic heterocycles. The van der Waals surface area contributed by atoms with E-state index in [0.29, 0.717) is 6.42 Å². The number of hydrogen-bond acceptors (Lipinski definition) is 4. The molecule has 1 fully saturated rings. The molecule has 1 atom stereocenters. The Morgan fingerprint density at radius 2 is 1.92 bits per heavy atom. The standard InChI is InChI=1S/C20H31N3O2/c1-19(2,23-13-11-22(3)12-14-23)18(24)21-15-20(25)10-6-8-16-7-4-5-9-17(16)20/h4-5,7,9,25H,6,8,10-15H2,1-3H3,(H,21,24). The molecule has 1 aliphatic carbocycles. The van der Waals surface area contributed by atoms with Crippen molar-refractivity contribution >= 4 is 5.91 Å². The van der Waals surface area contributed by atoms with Crippen LogP contribution in [0.25, 0.3) is 0 Å². The van der Waals surface area contributed by atoms with Gasteiger partial charge in [0.2, 0.25) is 5.91 Å². The molecule has 0 bridgehead atoms. The first kappa shape index (κ1) is 18.4. The van der Waals surface area contributed by atoms with E-state index in [9.17, 15) is 9.90 Å². The van der Waals surface area contributed by atoms with Crippen LogP contribution in [0, 0.1) is 0 Å². The van der Waals surface area contributed by atoms with Crippen molar-refractivity contribution in [3.63, 3.8) is 0 Å². The van der Waals surface area contributed by atoms with Crippen molar-refractivity contribution in [3.8, 4) is 0 Å². The number of benzene rings is 1. The largest absolute Gasteiger partial charge is 0.383 e. The fraction of sp³-hybridized carbons (Fsp3) is 0.650. The molecule has 2 N–H and O–H groups in total. The molecule has 1 aromatic rings. The first-order chi connectivity index (χ1) is 11.8. The average Bonchev–Trinajstić information content (AvgIpc) is 2.60. The SMILES string of the molecule is CN1CCN(C(C)(C)C(=O)NCC2(O)CCCc3ccccc32)CC1. The molecule has 138 valence electrons. The minimum absolute atomic E-state index is 0.00599. The van der Waals surface area contributed by atoms with Gasteiger partial charge in [0.15, 0.2) is 0 Å². The van der Waals surface area contributed by atoms with E-state index in [0.717, 1.165) is 44.6 Å². The third-order valence-electron chi connectivity index (χ3n) is 5.95. The Bertz CT molecular complexity index is 623. The summed E-state index contributed by atoms with van der Waals surface area (Å²) in [5, 5.41) is 14.2. The quantitative estimate of drug-likeness (QED) is 0.865. The molecule has 1 amide bonds. The topological polar surface area (TPSA) is 55.8 Å². The first-order valence-electron chi connectivity index (χ1n) is 9.36. The number of amides is 1. The van der Waals surface area contributed by atoms with E-state index in [-0.39, 0.29) is 12.5 Å². The van der Waals surface area contributed by atoms with Crippen LogP contribution >= 0.6 is 0 Å². The zero-order valence-corrected chi connectivity index (χ0v) is 15.7. The Balaban J connectivity index is 1.66. The number of piperazine rings is 1. The molecule has 1 unspecified atom stereocenters. The summed E-state index contributed by atoms with van der Waals surface area (Å²) in [5.41, 5.74) is 0.650. The number of nitrogens with zero attached hydrogens (tertiary/aromatic N) is 2. The number of likely N-dealkylation sites (N-methyl/N-ethyl adjacent to an activating group) is 1. The molecule has 0 saturated carbocycles. The number of nitrogens with one attached hydrogen (secondary N) is 1. The lowest BCUT2D eigenvalue weighted by Crippen LogP contribution is -2.61. The van der Waals surface area contributed by atoms with Crippen LogP contribution in [0.15, 0.2) is 24.3 Å². The molecule has 1 saturated heterocycles. The summed E-state index contributed by atoms with van der Waals surface area (Å²) in [5.74, 6) is -0.00599. The Hall–Kier alpha value is -1.43. The third-order valence-corrected chi connectivity index (χ3v) is 5.95. The summed E-state index contributed by atoms with van der Waals surface area (Å²) >= 11 is 0. The molecule has 25 heavy (non-hydrogen) atoms. The Morgan fingerprint density at radius 3 is 2.64 bits per heavy atom. The summed E-state index contributed by atoms with van der Waals surface area (Å²) < 4.78 is 0. The maximum atomic E-state index is 12.9. The Kier molecular flexibility index (Phi) is 5.19. The van der Waals surface area contributed by atoms with Crippen LogP contribution in [0.2, 0.25) is 0 Å². The average molecular weight is 345 g/mol. The van der Waals surface area contributed by atoms with Crippen LogP contribution in [0.4, 0.5) is 0 Å². The highest BCUT2D eigenvalue weighted by molar-refractivity contribution is 5.85. The van der Waals surface area contributed by atoms with Gasteiger partial charge in [-0.2, -0.15) is 0 Å². The van der Waals surface area contributed by atoms with Crippen LogP contribution in [0.1, 0.15) is 37.8 Å². The van der Waals surface area contributed by atoms with Gasteiger partial charge >= 0.3 is 0 Å². The minimum atomic E-state index is -0.956. The molecule has 2 aliphatic rings. The molecule has 5 heteroatoms.